The maximum atomic E-state index is 2.34. The van der Waals surface area contributed by atoms with E-state index in [1.54, 1.807) is 0 Å². The van der Waals surface area contributed by atoms with Crippen LogP contribution in [0.15, 0.2) is 231 Å². The van der Waals surface area contributed by atoms with Gasteiger partial charge in [-0.15, -0.1) is 0 Å². The maximum absolute atomic E-state index is 2.34. The first-order valence-corrected chi connectivity index (χ1v) is 20.5. The summed E-state index contributed by atoms with van der Waals surface area (Å²) in [5, 5.41) is 0. The van der Waals surface area contributed by atoms with Crippen LogP contribution in [-0.2, 0) is 0 Å². The lowest BCUT2D eigenvalue weighted by atomic mass is 9.98. The van der Waals surface area contributed by atoms with E-state index in [-0.39, 0.29) is 0 Å². The fourth-order valence-corrected chi connectivity index (χ4v) is 7.44. The van der Waals surface area contributed by atoms with Crippen molar-refractivity contribution >= 4 is 58.4 Å². The Morgan fingerprint density at radius 2 is 0.567 bits per heavy atom. The summed E-state index contributed by atoms with van der Waals surface area (Å²) in [6.07, 6.45) is 16.9. The molecule has 0 saturated heterocycles. The lowest BCUT2D eigenvalue weighted by Crippen LogP contribution is -2.11. The Morgan fingerprint density at radius 1 is 0.283 bits per heavy atom. The highest BCUT2D eigenvalue weighted by atomic mass is 15.1. The van der Waals surface area contributed by atoms with Crippen LogP contribution >= 0.6 is 0 Å². The number of rotatable bonds is 13. The maximum Gasteiger partial charge on any atom is 0.0491 e. The van der Waals surface area contributed by atoms with E-state index in [2.05, 4.69) is 266 Å². The summed E-state index contributed by atoms with van der Waals surface area (Å²) in [6.45, 7) is 4.42. The number of para-hydroxylation sites is 2. The summed E-state index contributed by atoms with van der Waals surface area (Å²) in [6, 6.07) is 73.1. The highest BCUT2D eigenvalue weighted by molar-refractivity contribution is 5.84. The van der Waals surface area contributed by atoms with Crippen LogP contribution < -0.4 is 9.80 Å². The molecule has 0 spiro atoms. The fourth-order valence-electron chi connectivity index (χ4n) is 7.44. The van der Waals surface area contributed by atoms with Gasteiger partial charge in [0.2, 0.25) is 0 Å². The first-order chi connectivity index (χ1) is 29.6. The lowest BCUT2D eigenvalue weighted by Gasteiger charge is -2.28. The van der Waals surface area contributed by atoms with Crippen molar-refractivity contribution in [3.05, 3.63) is 264 Å². The van der Waals surface area contributed by atoms with Crippen LogP contribution in [0.5, 0.6) is 0 Å². The largest absolute Gasteiger partial charge is 0.310 e. The molecule has 8 rings (SSSR count). The van der Waals surface area contributed by atoms with Gasteiger partial charge in [-0.1, -0.05) is 182 Å². The zero-order valence-corrected chi connectivity index (χ0v) is 34.1. The van der Waals surface area contributed by atoms with E-state index in [1.165, 1.54) is 33.4 Å². The molecular weight excluding hydrogens is 725 g/mol. The number of aryl methyl sites for hydroxylation is 2. The topological polar surface area (TPSA) is 6.48 Å². The van der Waals surface area contributed by atoms with E-state index in [9.17, 15) is 0 Å². The number of nitrogens with zero attached hydrogens (tertiary/aromatic N) is 2. The number of anilines is 6. The third-order valence-corrected chi connectivity index (χ3v) is 10.5. The van der Waals surface area contributed by atoms with E-state index in [0.29, 0.717) is 0 Å². The molecule has 2 nitrogen and oxygen atoms in total. The van der Waals surface area contributed by atoms with Gasteiger partial charge in [0.15, 0.2) is 0 Å². The molecule has 0 aromatic heterocycles. The molecule has 0 unspecified atom stereocenters. The van der Waals surface area contributed by atoms with Crippen molar-refractivity contribution in [2.24, 2.45) is 0 Å². The molecule has 290 valence electrons. The SMILES string of the molecule is Cc1cc(-c2ccc(N(c3ccccc3)c3ccc(/C=C/C=C/c4ccccc4)cc3)c(C)c2)ccc1N(c1ccccc1)c1ccc(/C=C/C=C/c2ccccc2)cc1. The highest BCUT2D eigenvalue weighted by Gasteiger charge is 2.18. The van der Waals surface area contributed by atoms with Gasteiger partial charge in [0, 0.05) is 34.1 Å². The molecule has 0 heterocycles. The van der Waals surface area contributed by atoms with Crippen LogP contribution in [0.25, 0.3) is 35.4 Å². The standard InChI is InChI=1S/C58H48N2/c1-45-43-51(35-41-57(45)59(53-27-11-5-12-28-53)55-37-31-49(32-38-55)25-17-15-23-47-19-7-3-8-20-47)52-36-42-58(46(2)44-52)60(54-29-13-6-14-30-54)56-39-33-50(34-40-56)26-18-16-24-48-21-9-4-10-22-48/h3-44H,1-2H3/b23-15+,24-16+,25-17+,26-18+. The van der Waals surface area contributed by atoms with Gasteiger partial charge in [0.25, 0.3) is 0 Å². The van der Waals surface area contributed by atoms with E-state index >= 15 is 0 Å². The van der Waals surface area contributed by atoms with Gasteiger partial charge < -0.3 is 9.80 Å². The van der Waals surface area contributed by atoms with Crippen LogP contribution in [0, 0.1) is 13.8 Å². The number of hydrogen-bond acceptors (Lipinski definition) is 2. The molecule has 8 aromatic rings. The van der Waals surface area contributed by atoms with Crippen LogP contribution in [0.3, 0.4) is 0 Å². The molecule has 0 aliphatic heterocycles. The number of benzene rings is 8. The zero-order chi connectivity index (χ0) is 40.9. The molecule has 0 N–H and O–H groups in total. The van der Waals surface area contributed by atoms with Crippen molar-refractivity contribution in [3.63, 3.8) is 0 Å². The van der Waals surface area contributed by atoms with Gasteiger partial charge in [-0.3, -0.25) is 0 Å². The van der Waals surface area contributed by atoms with Crippen LogP contribution in [0.1, 0.15) is 33.4 Å². The number of hydrogen-bond donors (Lipinski definition) is 0. The minimum atomic E-state index is 1.11. The zero-order valence-electron chi connectivity index (χ0n) is 34.1. The molecule has 0 atom stereocenters. The van der Waals surface area contributed by atoms with Crippen molar-refractivity contribution in [1.82, 2.24) is 0 Å². The predicted octanol–water partition coefficient (Wildman–Crippen LogP) is 16.4. The molecule has 0 fully saturated rings. The van der Waals surface area contributed by atoms with Crippen LogP contribution in [0.4, 0.5) is 34.1 Å². The molecule has 0 aliphatic rings. The summed E-state index contributed by atoms with van der Waals surface area (Å²) in [5.74, 6) is 0. The molecule has 0 radical (unpaired) electrons. The van der Waals surface area contributed by atoms with Crippen molar-refractivity contribution < 1.29 is 0 Å². The van der Waals surface area contributed by atoms with Crippen LogP contribution in [0.2, 0.25) is 0 Å². The predicted molar refractivity (Wildman–Crippen MR) is 260 cm³/mol. The summed E-state index contributed by atoms with van der Waals surface area (Å²) < 4.78 is 0. The Balaban J connectivity index is 1.03. The molecular formula is C58H48N2. The normalized spacial score (nSPS) is 11.6. The second-order valence-electron chi connectivity index (χ2n) is 14.8. The van der Waals surface area contributed by atoms with Crippen molar-refractivity contribution in [1.29, 1.82) is 0 Å². The summed E-state index contributed by atoms with van der Waals surface area (Å²) in [7, 11) is 0. The quantitative estimate of drug-likeness (QED) is 0.108. The van der Waals surface area contributed by atoms with Gasteiger partial charge in [0.1, 0.15) is 0 Å². The molecule has 0 bridgehead atoms. The molecule has 0 aliphatic carbocycles. The van der Waals surface area contributed by atoms with Gasteiger partial charge >= 0.3 is 0 Å². The Morgan fingerprint density at radius 3 is 0.883 bits per heavy atom. The second kappa shape index (κ2) is 19.2. The van der Waals surface area contributed by atoms with Crippen molar-refractivity contribution in [2.75, 3.05) is 9.80 Å². The van der Waals surface area contributed by atoms with E-state index in [0.717, 1.165) is 45.3 Å². The Hall–Kier alpha value is -7.68. The molecule has 0 amide bonds. The van der Waals surface area contributed by atoms with Crippen LogP contribution in [-0.4, -0.2) is 0 Å². The number of allylic oxidation sites excluding steroid dienone is 4. The second-order valence-corrected chi connectivity index (χ2v) is 14.8. The Labute approximate surface area is 355 Å². The first kappa shape index (κ1) is 39.2. The lowest BCUT2D eigenvalue weighted by molar-refractivity contribution is 1.24. The summed E-state index contributed by atoms with van der Waals surface area (Å²) >= 11 is 0. The van der Waals surface area contributed by atoms with Gasteiger partial charge in [-0.2, -0.15) is 0 Å². The molecule has 60 heavy (non-hydrogen) atoms. The smallest absolute Gasteiger partial charge is 0.0491 e. The first-order valence-electron chi connectivity index (χ1n) is 20.5. The van der Waals surface area contributed by atoms with Crippen molar-refractivity contribution in [3.8, 4) is 11.1 Å². The Kier molecular flexibility index (Phi) is 12.5. The van der Waals surface area contributed by atoms with Gasteiger partial charge in [-0.05, 0) is 131 Å². The van der Waals surface area contributed by atoms with Gasteiger partial charge in [-0.25, -0.2) is 0 Å². The summed E-state index contributed by atoms with van der Waals surface area (Å²) in [5.41, 5.74) is 16.2. The third-order valence-electron chi connectivity index (χ3n) is 10.5. The highest BCUT2D eigenvalue weighted by Crippen LogP contribution is 2.41. The third kappa shape index (κ3) is 9.70. The molecule has 2 heteroatoms. The van der Waals surface area contributed by atoms with E-state index < -0.39 is 0 Å². The average Bonchev–Trinajstić information content (AvgIpc) is 3.30. The Bertz CT molecular complexity index is 2530. The molecule has 8 aromatic carbocycles. The minimum absolute atomic E-state index is 1.11. The minimum Gasteiger partial charge on any atom is -0.310 e. The van der Waals surface area contributed by atoms with E-state index in [4.69, 9.17) is 0 Å². The fraction of sp³-hybridized carbons (Fsp3) is 0.0345. The average molecular weight is 773 g/mol. The summed E-state index contributed by atoms with van der Waals surface area (Å²) in [4.78, 5) is 4.69. The van der Waals surface area contributed by atoms with E-state index in [1.807, 2.05) is 12.1 Å². The van der Waals surface area contributed by atoms with Gasteiger partial charge in [0.05, 0.1) is 0 Å². The molecule has 0 saturated carbocycles. The van der Waals surface area contributed by atoms with Crippen molar-refractivity contribution in [2.45, 2.75) is 13.8 Å². The monoisotopic (exact) mass is 772 g/mol.